The Hall–Kier alpha value is -2.40. The van der Waals surface area contributed by atoms with Crippen LogP contribution in [0.3, 0.4) is 0 Å². The standard InChI is InChI=1S/C17H17ClN2O3/c1-20-13-7-5-4-6-11(13)17(21)19-16(20)10-8-12(18)15(23-3)14(9-10)22-2/h4-9,16H,1-3H3,(H,19,21). The molecule has 0 bridgehead atoms. The molecule has 0 fully saturated rings. The summed E-state index contributed by atoms with van der Waals surface area (Å²) in [6.45, 7) is 0. The average molecular weight is 333 g/mol. The molecule has 1 N–H and O–H groups in total. The van der Waals surface area contributed by atoms with Gasteiger partial charge in [0.15, 0.2) is 11.5 Å². The summed E-state index contributed by atoms with van der Waals surface area (Å²) in [4.78, 5) is 14.3. The van der Waals surface area contributed by atoms with Crippen LogP contribution in [0.15, 0.2) is 36.4 Å². The number of carbonyl (C=O) groups excluding carboxylic acids is 1. The molecule has 120 valence electrons. The fourth-order valence-electron chi connectivity index (χ4n) is 2.81. The van der Waals surface area contributed by atoms with Gasteiger partial charge in [0.05, 0.1) is 30.5 Å². The molecule has 3 rings (SSSR count). The number of benzene rings is 2. The van der Waals surface area contributed by atoms with E-state index in [1.807, 2.05) is 36.2 Å². The van der Waals surface area contributed by atoms with E-state index >= 15 is 0 Å². The predicted molar refractivity (Wildman–Crippen MR) is 89.6 cm³/mol. The van der Waals surface area contributed by atoms with E-state index in [0.717, 1.165) is 11.3 Å². The van der Waals surface area contributed by atoms with Crippen LogP contribution in [0.5, 0.6) is 11.5 Å². The molecule has 1 unspecified atom stereocenters. The van der Waals surface area contributed by atoms with E-state index in [-0.39, 0.29) is 12.1 Å². The number of hydrogen-bond acceptors (Lipinski definition) is 4. The van der Waals surface area contributed by atoms with Gasteiger partial charge in [0.2, 0.25) is 0 Å². The van der Waals surface area contributed by atoms with Gasteiger partial charge in [-0.1, -0.05) is 23.7 Å². The van der Waals surface area contributed by atoms with Crippen LogP contribution in [0.4, 0.5) is 5.69 Å². The monoisotopic (exact) mass is 332 g/mol. The quantitative estimate of drug-likeness (QED) is 0.937. The third kappa shape index (κ3) is 2.57. The van der Waals surface area contributed by atoms with Gasteiger partial charge < -0.3 is 19.7 Å². The highest BCUT2D eigenvalue weighted by atomic mass is 35.5. The summed E-state index contributed by atoms with van der Waals surface area (Å²) >= 11 is 6.28. The number of anilines is 1. The Labute approximate surface area is 139 Å². The van der Waals surface area contributed by atoms with Crippen LogP contribution in [-0.4, -0.2) is 27.2 Å². The zero-order chi connectivity index (χ0) is 16.6. The second-order valence-corrected chi connectivity index (χ2v) is 5.65. The number of halogens is 1. The molecule has 6 heteroatoms. The highest BCUT2D eigenvalue weighted by molar-refractivity contribution is 6.32. The zero-order valence-electron chi connectivity index (χ0n) is 13.1. The van der Waals surface area contributed by atoms with Crippen LogP contribution < -0.4 is 19.7 Å². The molecule has 2 aromatic rings. The molecule has 0 radical (unpaired) electrons. The predicted octanol–water partition coefficient (Wildman–Crippen LogP) is 3.24. The molecule has 1 heterocycles. The van der Waals surface area contributed by atoms with E-state index in [9.17, 15) is 4.79 Å². The summed E-state index contributed by atoms with van der Waals surface area (Å²) in [6.07, 6.45) is -0.338. The Balaban J connectivity index is 2.06. The molecular formula is C17H17ClN2O3. The fourth-order valence-corrected chi connectivity index (χ4v) is 3.11. The van der Waals surface area contributed by atoms with E-state index in [4.69, 9.17) is 21.1 Å². The Morgan fingerprint density at radius 1 is 1.17 bits per heavy atom. The molecule has 23 heavy (non-hydrogen) atoms. The Kier molecular flexibility index (Phi) is 4.05. The van der Waals surface area contributed by atoms with Crippen LogP contribution in [-0.2, 0) is 0 Å². The second kappa shape index (κ2) is 6.01. The second-order valence-electron chi connectivity index (χ2n) is 5.24. The largest absolute Gasteiger partial charge is 0.493 e. The maximum absolute atomic E-state index is 12.4. The van der Waals surface area contributed by atoms with Crippen molar-refractivity contribution >= 4 is 23.2 Å². The number of para-hydroxylation sites is 1. The van der Waals surface area contributed by atoms with Gasteiger partial charge in [-0.15, -0.1) is 0 Å². The molecule has 0 saturated carbocycles. The Bertz CT molecular complexity index is 763. The molecule has 5 nitrogen and oxygen atoms in total. The first-order valence-corrected chi connectivity index (χ1v) is 7.48. The molecule has 1 aliphatic heterocycles. The normalized spacial score (nSPS) is 16.6. The summed E-state index contributed by atoms with van der Waals surface area (Å²) in [5.74, 6) is 0.884. The van der Waals surface area contributed by atoms with Gasteiger partial charge in [-0.2, -0.15) is 0 Å². The summed E-state index contributed by atoms with van der Waals surface area (Å²) in [7, 11) is 5.01. The van der Waals surface area contributed by atoms with Gasteiger partial charge in [-0.3, -0.25) is 4.79 Å². The van der Waals surface area contributed by atoms with Crippen molar-refractivity contribution in [1.82, 2.24) is 5.32 Å². The number of methoxy groups -OCH3 is 2. The highest BCUT2D eigenvalue weighted by Crippen LogP contribution is 2.40. The van der Waals surface area contributed by atoms with Gasteiger partial charge in [0, 0.05) is 12.6 Å². The molecule has 1 aliphatic rings. The first-order valence-electron chi connectivity index (χ1n) is 7.11. The topological polar surface area (TPSA) is 50.8 Å². The lowest BCUT2D eigenvalue weighted by molar-refractivity contribution is 0.0928. The molecular weight excluding hydrogens is 316 g/mol. The Morgan fingerprint density at radius 3 is 2.61 bits per heavy atom. The van der Waals surface area contributed by atoms with Gasteiger partial charge >= 0.3 is 0 Å². The van der Waals surface area contributed by atoms with E-state index in [1.54, 1.807) is 19.2 Å². The van der Waals surface area contributed by atoms with Crippen molar-refractivity contribution < 1.29 is 14.3 Å². The number of amides is 1. The Morgan fingerprint density at radius 2 is 1.91 bits per heavy atom. The molecule has 0 aromatic heterocycles. The molecule has 1 atom stereocenters. The third-order valence-corrected chi connectivity index (χ3v) is 4.24. The maximum atomic E-state index is 12.4. The molecule has 0 saturated heterocycles. The van der Waals surface area contributed by atoms with E-state index in [0.29, 0.717) is 22.1 Å². The molecule has 2 aromatic carbocycles. The van der Waals surface area contributed by atoms with Crippen molar-refractivity contribution in [3.63, 3.8) is 0 Å². The lowest BCUT2D eigenvalue weighted by atomic mass is 10.0. The van der Waals surface area contributed by atoms with Crippen LogP contribution in [0.1, 0.15) is 22.1 Å². The van der Waals surface area contributed by atoms with Gasteiger partial charge in [-0.25, -0.2) is 0 Å². The summed E-state index contributed by atoms with van der Waals surface area (Å²) < 4.78 is 10.6. The van der Waals surface area contributed by atoms with Gasteiger partial charge in [-0.05, 0) is 24.3 Å². The summed E-state index contributed by atoms with van der Waals surface area (Å²) in [6, 6.07) is 11.1. The number of nitrogens with zero attached hydrogens (tertiary/aromatic N) is 1. The lowest BCUT2D eigenvalue weighted by Gasteiger charge is -2.36. The number of fused-ring (bicyclic) bond motifs is 1. The molecule has 1 amide bonds. The van der Waals surface area contributed by atoms with Crippen molar-refractivity contribution in [2.24, 2.45) is 0 Å². The number of rotatable bonds is 3. The van der Waals surface area contributed by atoms with E-state index in [1.165, 1.54) is 7.11 Å². The highest BCUT2D eigenvalue weighted by Gasteiger charge is 2.30. The molecule has 0 spiro atoms. The van der Waals surface area contributed by atoms with Gasteiger partial charge in [0.25, 0.3) is 5.91 Å². The minimum atomic E-state index is -0.338. The SMILES string of the molecule is COc1cc(C2NC(=O)c3ccccc3N2C)cc(Cl)c1OC. The van der Waals surface area contributed by atoms with Crippen LogP contribution in [0.25, 0.3) is 0 Å². The van der Waals surface area contributed by atoms with Crippen molar-refractivity contribution in [3.8, 4) is 11.5 Å². The van der Waals surface area contributed by atoms with Crippen LogP contribution >= 0.6 is 11.6 Å². The van der Waals surface area contributed by atoms with Gasteiger partial charge in [0.1, 0.15) is 6.17 Å². The first kappa shape index (κ1) is 15.5. The van der Waals surface area contributed by atoms with Crippen molar-refractivity contribution in [3.05, 3.63) is 52.5 Å². The maximum Gasteiger partial charge on any atom is 0.255 e. The van der Waals surface area contributed by atoms with Crippen LogP contribution in [0.2, 0.25) is 5.02 Å². The van der Waals surface area contributed by atoms with Crippen molar-refractivity contribution in [1.29, 1.82) is 0 Å². The minimum Gasteiger partial charge on any atom is -0.493 e. The lowest BCUT2D eigenvalue weighted by Crippen LogP contribution is -2.44. The van der Waals surface area contributed by atoms with E-state index < -0.39 is 0 Å². The average Bonchev–Trinajstić information content (AvgIpc) is 2.57. The van der Waals surface area contributed by atoms with Crippen LogP contribution in [0, 0.1) is 0 Å². The van der Waals surface area contributed by atoms with Crippen molar-refractivity contribution in [2.45, 2.75) is 6.17 Å². The third-order valence-electron chi connectivity index (χ3n) is 3.96. The zero-order valence-corrected chi connectivity index (χ0v) is 13.8. The fraction of sp³-hybridized carbons (Fsp3) is 0.235. The molecule has 0 aliphatic carbocycles. The minimum absolute atomic E-state index is 0.116. The number of carbonyl (C=O) groups is 1. The summed E-state index contributed by atoms with van der Waals surface area (Å²) in [5.41, 5.74) is 2.34. The number of hydrogen-bond donors (Lipinski definition) is 1. The van der Waals surface area contributed by atoms with Crippen molar-refractivity contribution in [2.75, 3.05) is 26.2 Å². The first-order chi connectivity index (χ1) is 11.1. The van der Waals surface area contributed by atoms with E-state index in [2.05, 4.69) is 5.32 Å². The summed E-state index contributed by atoms with van der Waals surface area (Å²) in [5, 5.41) is 3.42. The number of nitrogens with one attached hydrogen (secondary N) is 1. The number of ether oxygens (including phenoxy) is 2. The smallest absolute Gasteiger partial charge is 0.255 e.